The third kappa shape index (κ3) is 3.86. The Hall–Kier alpha value is -4.24. The Kier molecular flexibility index (Phi) is 5.81. The van der Waals surface area contributed by atoms with Crippen LogP contribution < -0.4 is 26.2 Å². The number of rotatable bonds is 3. The maximum Gasteiger partial charge on any atom is 0.252 e. The molecule has 200 valence electrons. The minimum atomic E-state index is 0.187. The average molecular weight is 531 g/mol. The molecule has 0 N–H and O–H groups in total. The van der Waals surface area contributed by atoms with E-state index in [-0.39, 0.29) is 6.71 Å². The van der Waals surface area contributed by atoms with Gasteiger partial charge in [-0.1, -0.05) is 86.0 Å². The standard InChI is InChI=1S/C38H35BN2/c1-26-21-22-32-35(23-26)40(30-16-7-4-8-17-30)36-24-29(28-14-5-3-6-15-28)25-37-38(36)39(32)31-18-10-12-20-34(31)41(37)33-19-11-9-13-27(33)2/h4,7-13,16-25,28H,3,5-6,14-15H2,1-2H3. The molecule has 0 radical (unpaired) electrons. The minimum Gasteiger partial charge on any atom is -0.311 e. The zero-order valence-corrected chi connectivity index (χ0v) is 24.0. The molecule has 2 heterocycles. The molecule has 0 amide bonds. The van der Waals surface area contributed by atoms with Gasteiger partial charge in [-0.3, -0.25) is 0 Å². The number of nitrogens with zero attached hydrogens (tertiary/aromatic N) is 2. The van der Waals surface area contributed by atoms with Gasteiger partial charge in [-0.2, -0.15) is 0 Å². The fraction of sp³-hybridized carbons (Fsp3) is 0.211. The Morgan fingerprint density at radius 2 is 1.22 bits per heavy atom. The number of anilines is 6. The Morgan fingerprint density at radius 1 is 0.561 bits per heavy atom. The Balaban J connectivity index is 1.49. The van der Waals surface area contributed by atoms with Crippen LogP contribution in [0.4, 0.5) is 34.1 Å². The smallest absolute Gasteiger partial charge is 0.252 e. The van der Waals surface area contributed by atoms with Crippen molar-refractivity contribution in [1.29, 1.82) is 0 Å². The van der Waals surface area contributed by atoms with Gasteiger partial charge in [0.05, 0.1) is 0 Å². The number of aryl methyl sites for hydroxylation is 2. The SMILES string of the molecule is Cc1ccc2c(c1)N(c1ccccc1)c1cc(C3CCCCC3)cc3c1B2c1ccccc1N3c1ccccc1C. The summed E-state index contributed by atoms with van der Waals surface area (Å²) >= 11 is 0. The van der Waals surface area contributed by atoms with E-state index in [1.54, 1.807) is 0 Å². The van der Waals surface area contributed by atoms with Crippen molar-refractivity contribution in [2.24, 2.45) is 0 Å². The van der Waals surface area contributed by atoms with Gasteiger partial charge >= 0.3 is 0 Å². The normalized spacial score (nSPS) is 15.8. The Morgan fingerprint density at radius 3 is 2.00 bits per heavy atom. The lowest BCUT2D eigenvalue weighted by Crippen LogP contribution is -2.61. The van der Waals surface area contributed by atoms with Crippen LogP contribution in [0.1, 0.15) is 54.7 Å². The summed E-state index contributed by atoms with van der Waals surface area (Å²) in [5, 5.41) is 0. The summed E-state index contributed by atoms with van der Waals surface area (Å²) < 4.78 is 0. The highest BCUT2D eigenvalue weighted by Crippen LogP contribution is 2.47. The van der Waals surface area contributed by atoms with E-state index in [4.69, 9.17) is 0 Å². The molecule has 0 unspecified atom stereocenters. The molecule has 0 spiro atoms. The van der Waals surface area contributed by atoms with Crippen molar-refractivity contribution in [1.82, 2.24) is 0 Å². The molecule has 1 aliphatic carbocycles. The van der Waals surface area contributed by atoms with E-state index in [1.807, 2.05) is 0 Å². The second kappa shape index (κ2) is 9.70. The van der Waals surface area contributed by atoms with Crippen LogP contribution in [0.3, 0.4) is 0 Å². The van der Waals surface area contributed by atoms with Crippen molar-refractivity contribution in [3.8, 4) is 0 Å². The molecule has 1 saturated carbocycles. The highest BCUT2D eigenvalue weighted by atomic mass is 15.2. The van der Waals surface area contributed by atoms with Crippen molar-refractivity contribution in [3.63, 3.8) is 0 Å². The van der Waals surface area contributed by atoms with E-state index in [2.05, 4.69) is 133 Å². The van der Waals surface area contributed by atoms with Gasteiger partial charge < -0.3 is 9.80 Å². The molecule has 3 aliphatic rings. The third-order valence-electron chi connectivity index (χ3n) is 9.60. The summed E-state index contributed by atoms with van der Waals surface area (Å²) in [6.07, 6.45) is 6.58. The minimum absolute atomic E-state index is 0.187. The van der Waals surface area contributed by atoms with Crippen LogP contribution in [-0.2, 0) is 0 Å². The maximum absolute atomic E-state index is 2.56. The molecule has 8 rings (SSSR count). The summed E-state index contributed by atoms with van der Waals surface area (Å²) in [5.74, 6) is 0.608. The maximum atomic E-state index is 2.56. The van der Waals surface area contributed by atoms with Crippen molar-refractivity contribution in [2.45, 2.75) is 51.9 Å². The van der Waals surface area contributed by atoms with Gasteiger partial charge in [-0.05, 0) is 108 Å². The molecule has 41 heavy (non-hydrogen) atoms. The molecule has 5 aromatic rings. The molecule has 0 bridgehead atoms. The number of para-hydroxylation sites is 3. The van der Waals surface area contributed by atoms with E-state index in [0.29, 0.717) is 5.92 Å². The van der Waals surface area contributed by atoms with Crippen LogP contribution in [0, 0.1) is 13.8 Å². The first kappa shape index (κ1) is 24.6. The van der Waals surface area contributed by atoms with E-state index < -0.39 is 0 Å². The molecule has 2 aliphatic heterocycles. The third-order valence-corrected chi connectivity index (χ3v) is 9.60. The molecular formula is C38H35BN2. The molecular weight excluding hydrogens is 495 g/mol. The van der Waals surface area contributed by atoms with Gasteiger partial charge in [-0.15, -0.1) is 0 Å². The Bertz CT molecular complexity index is 1770. The molecule has 2 nitrogen and oxygen atoms in total. The van der Waals surface area contributed by atoms with Crippen LogP contribution in [0.5, 0.6) is 0 Å². The number of hydrogen-bond acceptors (Lipinski definition) is 2. The van der Waals surface area contributed by atoms with Crippen LogP contribution in [0.15, 0.2) is 109 Å². The van der Waals surface area contributed by atoms with Crippen LogP contribution in [0.25, 0.3) is 0 Å². The molecule has 5 aromatic carbocycles. The topological polar surface area (TPSA) is 6.48 Å². The van der Waals surface area contributed by atoms with Gasteiger partial charge in [0.25, 0.3) is 6.71 Å². The first-order valence-corrected chi connectivity index (χ1v) is 15.3. The highest BCUT2D eigenvalue weighted by molar-refractivity contribution is 7.00. The Labute approximate surface area is 244 Å². The monoisotopic (exact) mass is 530 g/mol. The lowest BCUT2D eigenvalue weighted by Gasteiger charge is -2.45. The van der Waals surface area contributed by atoms with Crippen molar-refractivity contribution < 1.29 is 0 Å². The molecule has 0 saturated heterocycles. The van der Waals surface area contributed by atoms with E-state index in [9.17, 15) is 0 Å². The summed E-state index contributed by atoms with van der Waals surface area (Å²) in [4.78, 5) is 5.11. The van der Waals surface area contributed by atoms with Gasteiger partial charge in [0.2, 0.25) is 0 Å². The zero-order chi connectivity index (χ0) is 27.5. The predicted molar refractivity (Wildman–Crippen MR) is 176 cm³/mol. The zero-order valence-electron chi connectivity index (χ0n) is 24.0. The molecule has 0 aromatic heterocycles. The lowest BCUT2D eigenvalue weighted by molar-refractivity contribution is 0.444. The van der Waals surface area contributed by atoms with Gasteiger partial charge in [0.1, 0.15) is 0 Å². The number of fused-ring (bicyclic) bond motifs is 4. The molecule has 3 heteroatoms. The number of benzene rings is 5. The van der Waals surface area contributed by atoms with E-state index >= 15 is 0 Å². The average Bonchev–Trinajstić information content (AvgIpc) is 3.02. The van der Waals surface area contributed by atoms with Crippen molar-refractivity contribution >= 4 is 57.2 Å². The number of hydrogen-bond donors (Lipinski definition) is 0. The fourth-order valence-corrected chi connectivity index (χ4v) is 7.68. The predicted octanol–water partition coefficient (Wildman–Crippen LogP) is 8.43. The quantitative estimate of drug-likeness (QED) is 0.212. The van der Waals surface area contributed by atoms with E-state index in [1.165, 1.54) is 99.3 Å². The fourth-order valence-electron chi connectivity index (χ4n) is 7.68. The summed E-state index contributed by atoms with van der Waals surface area (Å²) in [6, 6.07) is 41.2. The second-order valence-corrected chi connectivity index (χ2v) is 12.2. The van der Waals surface area contributed by atoms with Crippen LogP contribution in [0.2, 0.25) is 0 Å². The van der Waals surface area contributed by atoms with Crippen LogP contribution in [-0.4, -0.2) is 6.71 Å². The molecule has 1 fully saturated rings. The first-order chi connectivity index (χ1) is 20.2. The lowest BCUT2D eigenvalue weighted by atomic mass is 9.33. The second-order valence-electron chi connectivity index (χ2n) is 12.2. The largest absolute Gasteiger partial charge is 0.311 e. The van der Waals surface area contributed by atoms with Crippen LogP contribution >= 0.6 is 0 Å². The van der Waals surface area contributed by atoms with Gasteiger partial charge in [-0.25, -0.2) is 0 Å². The van der Waals surface area contributed by atoms with Crippen molar-refractivity contribution in [2.75, 3.05) is 9.80 Å². The van der Waals surface area contributed by atoms with E-state index in [0.717, 1.165) is 0 Å². The molecule has 0 atom stereocenters. The summed E-state index contributed by atoms with van der Waals surface area (Å²) in [6.45, 7) is 4.65. The van der Waals surface area contributed by atoms with Crippen molar-refractivity contribution in [3.05, 3.63) is 126 Å². The van der Waals surface area contributed by atoms with Gasteiger partial charge in [0.15, 0.2) is 0 Å². The summed E-state index contributed by atoms with van der Waals surface area (Å²) in [5.41, 5.74) is 16.0. The first-order valence-electron chi connectivity index (χ1n) is 15.3. The summed E-state index contributed by atoms with van der Waals surface area (Å²) in [7, 11) is 0. The van der Waals surface area contributed by atoms with Gasteiger partial charge in [0, 0.05) is 34.1 Å². The highest BCUT2D eigenvalue weighted by Gasteiger charge is 2.43.